The van der Waals surface area contributed by atoms with E-state index in [0.29, 0.717) is 22.6 Å². The maximum atomic E-state index is 12.5. The van der Waals surface area contributed by atoms with E-state index >= 15 is 0 Å². The molecule has 1 N–H and O–H groups in total. The number of hydrogen-bond acceptors (Lipinski definition) is 6. The molecule has 1 atom stereocenters. The second kappa shape index (κ2) is 9.12. The molecule has 32 heavy (non-hydrogen) atoms. The van der Waals surface area contributed by atoms with Crippen LogP contribution in [0.15, 0.2) is 41.3 Å². The van der Waals surface area contributed by atoms with Crippen LogP contribution in [0, 0.1) is 5.92 Å². The highest BCUT2D eigenvalue weighted by Gasteiger charge is 2.16. The Labute approximate surface area is 191 Å². The van der Waals surface area contributed by atoms with Gasteiger partial charge in [-0.3, -0.25) is 9.59 Å². The van der Waals surface area contributed by atoms with Crippen molar-refractivity contribution in [2.24, 2.45) is 13.0 Å². The molecule has 0 saturated carbocycles. The van der Waals surface area contributed by atoms with Crippen molar-refractivity contribution in [3.63, 3.8) is 0 Å². The summed E-state index contributed by atoms with van der Waals surface area (Å²) in [5.41, 5.74) is 2.35. The van der Waals surface area contributed by atoms with Crippen molar-refractivity contribution in [2.45, 2.75) is 33.1 Å². The number of Topliss-reactive ketones (excluding diaryl/α,β-unsaturated/α-hetero) is 1. The number of carbonyl (C=O) groups excluding carboxylic acids is 1. The molecule has 2 heterocycles. The predicted molar refractivity (Wildman–Crippen MR) is 127 cm³/mol. The van der Waals surface area contributed by atoms with Crippen LogP contribution in [0.2, 0.25) is 5.02 Å². The molecular formula is C24H25ClN4O3. The van der Waals surface area contributed by atoms with Gasteiger partial charge >= 0.3 is 0 Å². The van der Waals surface area contributed by atoms with Crippen molar-refractivity contribution in [3.05, 3.63) is 57.7 Å². The van der Waals surface area contributed by atoms with Crippen LogP contribution in [0.4, 0.5) is 11.5 Å². The van der Waals surface area contributed by atoms with Gasteiger partial charge in [-0.15, -0.1) is 0 Å². The smallest absolute Gasteiger partial charge is 0.293 e. The second-order valence-corrected chi connectivity index (χ2v) is 8.67. The zero-order chi connectivity index (χ0) is 22.8. The molecule has 0 spiro atoms. The van der Waals surface area contributed by atoms with Gasteiger partial charge in [0.25, 0.3) is 5.56 Å². The molecule has 0 bridgehead atoms. The van der Waals surface area contributed by atoms with E-state index < -0.39 is 0 Å². The van der Waals surface area contributed by atoms with E-state index in [1.54, 1.807) is 19.3 Å². The maximum Gasteiger partial charge on any atom is 0.293 e. The quantitative estimate of drug-likeness (QED) is 0.572. The summed E-state index contributed by atoms with van der Waals surface area (Å²) < 4.78 is 6.90. The summed E-state index contributed by atoms with van der Waals surface area (Å²) in [6.45, 7) is 3.51. The van der Waals surface area contributed by atoms with Gasteiger partial charge in [-0.1, -0.05) is 24.6 Å². The average Bonchev–Trinajstić information content (AvgIpc) is 2.77. The molecule has 0 saturated heterocycles. The summed E-state index contributed by atoms with van der Waals surface area (Å²) in [5, 5.41) is 4.47. The molecule has 0 aliphatic heterocycles. The number of fused-ring (bicyclic) bond motifs is 1. The first kappa shape index (κ1) is 22.0. The molecule has 1 aromatic carbocycles. The van der Waals surface area contributed by atoms with E-state index in [2.05, 4.69) is 28.3 Å². The summed E-state index contributed by atoms with van der Waals surface area (Å²) in [4.78, 5) is 32.8. The highest BCUT2D eigenvalue weighted by Crippen LogP contribution is 2.31. The van der Waals surface area contributed by atoms with E-state index in [1.165, 1.54) is 11.5 Å². The van der Waals surface area contributed by atoms with Crippen LogP contribution < -0.4 is 15.6 Å². The summed E-state index contributed by atoms with van der Waals surface area (Å²) >= 11 is 6.36. The Bertz CT molecular complexity index is 1280. The molecule has 8 heteroatoms. The molecule has 0 unspecified atom stereocenters. The zero-order valence-electron chi connectivity index (χ0n) is 18.3. The number of aryl methyl sites for hydroxylation is 1. The van der Waals surface area contributed by atoms with Crippen LogP contribution in [-0.4, -0.2) is 26.9 Å². The Morgan fingerprint density at radius 2 is 2.16 bits per heavy atom. The predicted octanol–water partition coefficient (Wildman–Crippen LogP) is 4.90. The van der Waals surface area contributed by atoms with Crippen molar-refractivity contribution < 1.29 is 9.53 Å². The third-order valence-corrected chi connectivity index (χ3v) is 5.87. The monoisotopic (exact) mass is 452 g/mol. The number of pyridine rings is 1. The Morgan fingerprint density at radius 3 is 2.88 bits per heavy atom. The van der Waals surface area contributed by atoms with E-state index in [4.69, 9.17) is 16.3 Å². The molecule has 1 aliphatic rings. The number of anilines is 2. The van der Waals surface area contributed by atoms with Crippen molar-refractivity contribution in [1.82, 2.24) is 14.5 Å². The van der Waals surface area contributed by atoms with Gasteiger partial charge < -0.3 is 14.6 Å². The van der Waals surface area contributed by atoms with E-state index in [0.717, 1.165) is 41.4 Å². The number of nitrogens with zero attached hydrogens (tertiary/aromatic N) is 3. The zero-order valence-corrected chi connectivity index (χ0v) is 19.1. The van der Waals surface area contributed by atoms with Gasteiger partial charge in [0.1, 0.15) is 11.6 Å². The number of rotatable bonds is 6. The Morgan fingerprint density at radius 1 is 1.34 bits per heavy atom. The lowest BCUT2D eigenvalue weighted by atomic mass is 9.91. The first-order valence-corrected chi connectivity index (χ1v) is 10.9. The van der Waals surface area contributed by atoms with Gasteiger partial charge in [-0.05, 0) is 61.9 Å². The minimum absolute atomic E-state index is 0.133. The van der Waals surface area contributed by atoms with Crippen molar-refractivity contribution in [2.75, 3.05) is 11.9 Å². The molecule has 1 aliphatic carbocycles. The number of halogens is 1. The average molecular weight is 453 g/mol. The first-order chi connectivity index (χ1) is 15.3. The summed E-state index contributed by atoms with van der Waals surface area (Å²) in [6, 6.07) is 7.23. The summed E-state index contributed by atoms with van der Waals surface area (Å²) in [7, 11) is 1.67. The molecule has 4 rings (SSSR count). The van der Waals surface area contributed by atoms with Gasteiger partial charge in [0.15, 0.2) is 23.2 Å². The van der Waals surface area contributed by atoms with Crippen molar-refractivity contribution in [1.29, 1.82) is 0 Å². The van der Waals surface area contributed by atoms with Gasteiger partial charge in [0.05, 0.1) is 11.7 Å². The number of ketones is 1. The highest BCUT2D eigenvalue weighted by atomic mass is 35.5. The molecule has 0 radical (unpaired) electrons. The number of ether oxygens (including phenoxy) is 1. The van der Waals surface area contributed by atoms with Crippen LogP contribution in [0.3, 0.4) is 0 Å². The van der Waals surface area contributed by atoms with E-state index in [-0.39, 0.29) is 23.7 Å². The molecule has 3 aromatic rings. The van der Waals surface area contributed by atoms with E-state index in [1.807, 2.05) is 18.2 Å². The number of nitrogens with one attached hydrogen (secondary N) is 1. The lowest BCUT2D eigenvalue weighted by Gasteiger charge is -2.18. The summed E-state index contributed by atoms with van der Waals surface area (Å²) in [6.07, 6.45) is 6.93. The fraction of sp³-hybridized carbons (Fsp3) is 0.333. The number of aromatic nitrogens is 3. The van der Waals surface area contributed by atoms with Gasteiger partial charge in [0.2, 0.25) is 0 Å². The molecule has 0 fully saturated rings. The summed E-state index contributed by atoms with van der Waals surface area (Å²) in [5.74, 6) is 1.87. The topological polar surface area (TPSA) is 86.1 Å². The van der Waals surface area contributed by atoms with Crippen molar-refractivity contribution >= 4 is 45.4 Å². The fourth-order valence-electron chi connectivity index (χ4n) is 3.73. The second-order valence-electron chi connectivity index (χ2n) is 8.26. The van der Waals surface area contributed by atoms with Crippen LogP contribution in [-0.2, 0) is 11.8 Å². The van der Waals surface area contributed by atoms with Crippen LogP contribution in [0.5, 0.6) is 5.75 Å². The third-order valence-electron chi connectivity index (χ3n) is 5.59. The minimum Gasteiger partial charge on any atom is -0.480 e. The van der Waals surface area contributed by atoms with Gasteiger partial charge in [-0.2, -0.15) is 0 Å². The largest absolute Gasteiger partial charge is 0.480 e. The SMILES string of the molecule is CC(=O)COc1cc2cc(Nc3nc(C4=CC[C@@H](C)CC4)ncc3Cl)ccc2n(C)c1=O. The standard InChI is InChI=1S/C24H25ClN4O3/c1-14-4-6-16(7-5-14)22-26-12-19(25)23(28-22)27-18-8-9-20-17(10-18)11-21(24(31)29(20)3)32-13-15(2)30/h6,8-12,14H,4-5,7,13H2,1-3H3,(H,26,27,28)/t14-/m1/s1. The Kier molecular flexibility index (Phi) is 6.28. The molecule has 7 nitrogen and oxygen atoms in total. The molecule has 2 aromatic heterocycles. The molecular weight excluding hydrogens is 428 g/mol. The number of carbonyl (C=O) groups is 1. The number of benzene rings is 1. The Balaban J connectivity index is 1.66. The van der Waals surface area contributed by atoms with Gasteiger partial charge in [-0.25, -0.2) is 9.97 Å². The molecule has 166 valence electrons. The van der Waals surface area contributed by atoms with Crippen molar-refractivity contribution in [3.8, 4) is 5.75 Å². The lowest BCUT2D eigenvalue weighted by molar-refractivity contribution is -0.118. The minimum atomic E-state index is -0.293. The molecule has 0 amide bonds. The number of allylic oxidation sites excluding steroid dienone is 2. The van der Waals surface area contributed by atoms with Crippen LogP contribution in [0.1, 0.15) is 38.9 Å². The fourth-order valence-corrected chi connectivity index (χ4v) is 3.87. The van der Waals surface area contributed by atoms with Gasteiger partial charge in [0, 0.05) is 18.1 Å². The lowest BCUT2D eigenvalue weighted by Crippen LogP contribution is -2.21. The first-order valence-electron chi connectivity index (χ1n) is 10.6. The maximum absolute atomic E-state index is 12.5. The van der Waals surface area contributed by atoms with Crippen LogP contribution >= 0.6 is 11.6 Å². The van der Waals surface area contributed by atoms with Crippen LogP contribution in [0.25, 0.3) is 16.5 Å². The highest BCUT2D eigenvalue weighted by molar-refractivity contribution is 6.32. The normalized spacial score (nSPS) is 16.0. The number of hydrogen-bond donors (Lipinski definition) is 1. The Hall–Kier alpha value is -3.19. The van der Waals surface area contributed by atoms with E-state index in [9.17, 15) is 9.59 Å². The third kappa shape index (κ3) is 4.67.